The zero-order valence-corrected chi connectivity index (χ0v) is 12.1. The molecule has 0 aromatic rings. The Kier molecular flexibility index (Phi) is 173. The van der Waals surface area contributed by atoms with Crippen molar-refractivity contribution >= 4 is 11.0 Å². The van der Waals surface area contributed by atoms with Crippen LogP contribution in [0.15, 0.2) is 0 Å². The molecule has 0 saturated heterocycles. The minimum absolute atomic E-state index is 0. The third kappa shape index (κ3) is 21.7. The molecule has 0 fully saturated rings. The fourth-order valence-electron chi connectivity index (χ4n) is 0. The van der Waals surface area contributed by atoms with E-state index in [0.717, 1.165) is 20.4 Å². The second kappa shape index (κ2) is 32.9. The summed E-state index contributed by atoms with van der Waals surface area (Å²) in [4.78, 5) is 0. The molecular weight excluding hydrogens is 364 g/mol. The Morgan fingerprint density at radius 3 is 1.20 bits per heavy atom. The van der Waals surface area contributed by atoms with Gasteiger partial charge in [-0.1, -0.05) is 0 Å². The molecule has 0 amide bonds. The normalized spacial score (nSPS) is 0.600. The van der Waals surface area contributed by atoms with Crippen LogP contribution in [-0.4, -0.2) is 11.0 Å². The summed E-state index contributed by atoms with van der Waals surface area (Å²) in [6.45, 7) is 0. The first-order chi connectivity index (χ1) is 1.00. The standard InChI is InChI=1S/O.H3Si.Ta.Ti.Zr/h;1H3;;;. The quantitative estimate of drug-likeness (QED) is 0.486. The molecule has 5 heavy (non-hydrogen) atoms. The second-order valence-corrected chi connectivity index (χ2v) is 0. The van der Waals surface area contributed by atoms with Gasteiger partial charge in [-0.3, -0.25) is 0 Å². The summed E-state index contributed by atoms with van der Waals surface area (Å²) >= 11 is 0.750. The van der Waals surface area contributed by atoms with Gasteiger partial charge in [0, 0.05) is 48.6 Å². The van der Waals surface area contributed by atoms with Crippen LogP contribution in [0.1, 0.15) is 0 Å². The minimum atomic E-state index is 0. The van der Waals surface area contributed by atoms with Crippen LogP contribution in [-0.2, 0) is 72.3 Å². The molecule has 0 aromatic heterocycles. The van der Waals surface area contributed by atoms with Gasteiger partial charge in [0.15, 0.2) is 0 Å². The first-order valence-electron chi connectivity index (χ1n) is 0.204. The zero-order valence-electron chi connectivity index (χ0n) is 2.86. The molecule has 0 N–H and O–H groups in total. The molecule has 2 radical (unpaired) electrons. The topological polar surface area (TPSA) is 17.1 Å². The zero-order chi connectivity index (χ0) is 2.00. The Morgan fingerprint density at radius 1 is 1.20 bits per heavy atom. The van der Waals surface area contributed by atoms with Gasteiger partial charge in [-0.2, -0.15) is 0 Å². The van der Waals surface area contributed by atoms with E-state index in [1.807, 2.05) is 0 Å². The van der Waals surface area contributed by atoms with Crippen molar-refractivity contribution in [3.63, 3.8) is 0 Å². The van der Waals surface area contributed by atoms with Gasteiger partial charge in [0.25, 0.3) is 0 Å². The van der Waals surface area contributed by atoms with Crippen LogP contribution in [0.2, 0.25) is 0 Å². The number of rotatable bonds is 0. The molecule has 1 nitrogen and oxygen atoms in total. The molecule has 0 saturated carbocycles. The monoisotopic (exact) mass is 366 g/mol. The third-order valence-electron chi connectivity index (χ3n) is 0. The summed E-state index contributed by atoms with van der Waals surface area (Å²) in [5, 5.41) is 0. The predicted molar refractivity (Wildman–Crippen MR) is 10.6 cm³/mol. The van der Waals surface area contributed by atoms with E-state index in [1.165, 1.54) is 0 Å². The van der Waals surface area contributed by atoms with Crippen LogP contribution >= 0.6 is 0 Å². The third-order valence-corrected chi connectivity index (χ3v) is 0. The Balaban J connectivity index is -0.00000000167. The van der Waals surface area contributed by atoms with Crippen molar-refractivity contribution in [2.24, 2.45) is 0 Å². The van der Waals surface area contributed by atoms with Crippen molar-refractivity contribution in [2.45, 2.75) is 0 Å². The molecule has 0 aromatic carbocycles. The number of hydrogen-bond donors (Lipinski definition) is 0. The van der Waals surface area contributed by atoms with Crippen LogP contribution in [0.3, 0.4) is 0 Å². The van der Waals surface area contributed by atoms with Gasteiger partial charge in [0.1, 0.15) is 0 Å². The van der Waals surface area contributed by atoms with E-state index in [9.17, 15) is 0 Å². The van der Waals surface area contributed by atoms with E-state index in [0.29, 0.717) is 0 Å². The van der Waals surface area contributed by atoms with Crippen molar-refractivity contribution in [3.05, 3.63) is 0 Å². The van der Waals surface area contributed by atoms with Gasteiger partial charge in [-0.15, -0.1) is 0 Å². The SMILES string of the molecule is [O]=[Ti].[SiH3].[Ta].[Zr]. The van der Waals surface area contributed by atoms with E-state index >= 15 is 0 Å². The average Bonchev–Trinajstić information content (AvgIpc) is 1.00. The number of hydrogen-bond acceptors (Lipinski definition) is 1. The summed E-state index contributed by atoms with van der Waals surface area (Å²) in [5.41, 5.74) is 0. The molecule has 0 rings (SSSR count). The van der Waals surface area contributed by atoms with E-state index in [2.05, 4.69) is 0 Å². The molecule has 0 unspecified atom stereocenters. The van der Waals surface area contributed by atoms with Crippen LogP contribution < -0.4 is 0 Å². The molecule has 0 aliphatic heterocycles. The molecule has 0 aliphatic carbocycles. The van der Waals surface area contributed by atoms with Crippen molar-refractivity contribution in [2.75, 3.05) is 0 Å². The van der Waals surface area contributed by atoms with Crippen molar-refractivity contribution in [3.8, 4) is 0 Å². The maximum atomic E-state index is 8.25. The summed E-state index contributed by atoms with van der Waals surface area (Å²) in [6.07, 6.45) is 0. The largest absolute Gasteiger partial charge is 0.0125 e. The molecule has 0 atom stereocenters. The molecular formula is H3OSiTaTiZr. The maximum absolute atomic E-state index is 8.25. The van der Waals surface area contributed by atoms with Gasteiger partial charge < -0.3 is 0 Å². The van der Waals surface area contributed by atoms with Gasteiger partial charge >= 0.3 is 23.7 Å². The maximum Gasteiger partial charge on any atom is 0 e. The molecule has 0 aliphatic rings. The van der Waals surface area contributed by atoms with Gasteiger partial charge in [-0.25, -0.2) is 0 Å². The van der Waals surface area contributed by atoms with Crippen LogP contribution in [0.25, 0.3) is 0 Å². The van der Waals surface area contributed by atoms with Crippen LogP contribution in [0.4, 0.5) is 0 Å². The summed E-state index contributed by atoms with van der Waals surface area (Å²) in [5.74, 6) is 0. The van der Waals surface area contributed by atoms with E-state index in [4.69, 9.17) is 3.32 Å². The Bertz CT molecular complexity index is 11.6. The molecule has 0 spiro atoms. The van der Waals surface area contributed by atoms with E-state index in [-0.39, 0.29) is 59.5 Å². The fraction of sp³-hybridized carbons (Fsp3) is 0. The Hall–Kier alpha value is 2.35. The molecule has 0 heterocycles. The first kappa shape index (κ1) is 26.4. The van der Waals surface area contributed by atoms with E-state index < -0.39 is 0 Å². The van der Waals surface area contributed by atoms with Gasteiger partial charge in [-0.05, 0) is 11.0 Å². The van der Waals surface area contributed by atoms with E-state index in [1.54, 1.807) is 0 Å². The molecule has 5 heteroatoms. The predicted octanol–water partition coefficient (Wildman–Crippen LogP) is -1.31. The fourth-order valence-corrected chi connectivity index (χ4v) is 0. The molecule has 0 bridgehead atoms. The Morgan fingerprint density at radius 2 is 1.20 bits per heavy atom. The van der Waals surface area contributed by atoms with Crippen molar-refractivity contribution < 1.29 is 72.3 Å². The summed E-state index contributed by atoms with van der Waals surface area (Å²) in [6, 6.07) is 0. The smallest absolute Gasteiger partial charge is 0 e. The molecule has 26 valence electrons. The van der Waals surface area contributed by atoms with Crippen LogP contribution in [0, 0.1) is 0 Å². The van der Waals surface area contributed by atoms with Crippen molar-refractivity contribution in [1.29, 1.82) is 0 Å². The summed E-state index contributed by atoms with van der Waals surface area (Å²) < 4.78 is 8.25. The minimum Gasteiger partial charge on any atom is -0.0125 e. The van der Waals surface area contributed by atoms with Crippen LogP contribution in [0.5, 0.6) is 0 Å². The van der Waals surface area contributed by atoms with Gasteiger partial charge in [0.2, 0.25) is 0 Å². The van der Waals surface area contributed by atoms with Crippen molar-refractivity contribution in [1.82, 2.24) is 0 Å². The average molecular weight is 367 g/mol. The summed E-state index contributed by atoms with van der Waals surface area (Å²) in [7, 11) is 0. The second-order valence-electron chi connectivity index (χ2n) is 0. The van der Waals surface area contributed by atoms with Gasteiger partial charge in [0.05, 0.1) is 0 Å². The Labute approximate surface area is 82.0 Å². The first-order valence-corrected chi connectivity index (χ1v) is 0.842.